The standard InChI is InChI=1S/C55H38N2/c1-55(2)49-27-15-26-47(53(49)48-32-37-20-9-10-21-38(37)33-50(48)55)52-34-51(56-54(57-52)36-18-7-4-8-19-36)46-31-30-45(42-24-13-14-25-43(42)46)44-29-28-39(35-16-5-3-6-17-35)40-22-11-12-23-41(40)44/h3-34H,1-2H3. The molecular weight excluding hydrogens is 689 g/mol. The predicted octanol–water partition coefficient (Wildman–Crippen LogP) is 14.6. The third-order valence-electron chi connectivity index (χ3n) is 12.1. The monoisotopic (exact) mass is 726 g/mol. The van der Waals surface area contributed by atoms with E-state index in [1.54, 1.807) is 0 Å². The Morgan fingerprint density at radius 3 is 1.47 bits per heavy atom. The maximum atomic E-state index is 5.36. The smallest absolute Gasteiger partial charge is 0.160 e. The summed E-state index contributed by atoms with van der Waals surface area (Å²) >= 11 is 0. The fourth-order valence-corrected chi connectivity index (χ4v) is 9.29. The lowest BCUT2D eigenvalue weighted by Crippen LogP contribution is -2.14. The van der Waals surface area contributed by atoms with Crippen molar-refractivity contribution in [3.63, 3.8) is 0 Å². The van der Waals surface area contributed by atoms with E-state index in [9.17, 15) is 0 Å². The van der Waals surface area contributed by atoms with Crippen molar-refractivity contribution in [2.24, 2.45) is 0 Å². The van der Waals surface area contributed by atoms with E-state index in [0.29, 0.717) is 5.82 Å². The van der Waals surface area contributed by atoms with Crippen LogP contribution in [0.2, 0.25) is 0 Å². The van der Waals surface area contributed by atoms with Crippen molar-refractivity contribution >= 4 is 32.3 Å². The van der Waals surface area contributed by atoms with Crippen LogP contribution in [0.15, 0.2) is 194 Å². The topological polar surface area (TPSA) is 25.8 Å². The molecule has 1 aliphatic rings. The molecule has 1 aromatic heterocycles. The van der Waals surface area contributed by atoms with E-state index in [4.69, 9.17) is 9.97 Å². The van der Waals surface area contributed by atoms with Crippen LogP contribution in [-0.4, -0.2) is 9.97 Å². The van der Waals surface area contributed by atoms with Crippen LogP contribution < -0.4 is 0 Å². The van der Waals surface area contributed by atoms with Crippen LogP contribution in [0.4, 0.5) is 0 Å². The Morgan fingerprint density at radius 2 is 0.825 bits per heavy atom. The van der Waals surface area contributed by atoms with Crippen molar-refractivity contribution in [3.8, 4) is 67.3 Å². The van der Waals surface area contributed by atoms with Crippen LogP contribution in [0.1, 0.15) is 25.0 Å². The molecule has 0 saturated heterocycles. The van der Waals surface area contributed by atoms with E-state index in [2.05, 4.69) is 202 Å². The molecule has 0 spiro atoms. The summed E-state index contributed by atoms with van der Waals surface area (Å²) in [6.07, 6.45) is 0. The SMILES string of the molecule is CC1(C)c2cc3ccccc3cc2-c2c(-c3cc(-c4ccc(-c5ccc(-c6ccccc6)c6ccccc56)c5ccccc45)nc(-c4ccccc4)n3)cccc21. The maximum Gasteiger partial charge on any atom is 0.160 e. The Bertz CT molecular complexity index is 3200. The quantitative estimate of drug-likeness (QED) is 0.176. The van der Waals surface area contributed by atoms with Gasteiger partial charge in [-0.05, 0) is 95.0 Å². The molecule has 0 bridgehead atoms. The first-order valence-electron chi connectivity index (χ1n) is 19.7. The summed E-state index contributed by atoms with van der Waals surface area (Å²) < 4.78 is 0. The largest absolute Gasteiger partial charge is 0.228 e. The van der Waals surface area contributed by atoms with Gasteiger partial charge in [0, 0.05) is 22.1 Å². The molecule has 1 heterocycles. The number of nitrogens with zero attached hydrogens (tertiary/aromatic N) is 2. The first-order valence-corrected chi connectivity index (χ1v) is 19.7. The summed E-state index contributed by atoms with van der Waals surface area (Å²) in [7, 11) is 0. The highest BCUT2D eigenvalue weighted by atomic mass is 14.9. The van der Waals surface area contributed by atoms with E-state index in [1.165, 1.54) is 71.4 Å². The molecule has 0 aliphatic heterocycles. The van der Waals surface area contributed by atoms with Crippen LogP contribution in [0.25, 0.3) is 99.6 Å². The van der Waals surface area contributed by atoms with Crippen LogP contribution in [-0.2, 0) is 5.41 Å². The van der Waals surface area contributed by atoms with Gasteiger partial charge in [-0.3, -0.25) is 0 Å². The van der Waals surface area contributed by atoms with Crippen LogP contribution >= 0.6 is 0 Å². The average Bonchev–Trinajstić information content (AvgIpc) is 3.50. The number of hydrogen-bond donors (Lipinski definition) is 0. The summed E-state index contributed by atoms with van der Waals surface area (Å²) in [6, 6.07) is 70.1. The molecule has 10 aromatic rings. The average molecular weight is 727 g/mol. The van der Waals surface area contributed by atoms with Crippen LogP contribution in [0.5, 0.6) is 0 Å². The van der Waals surface area contributed by atoms with Gasteiger partial charge < -0.3 is 0 Å². The van der Waals surface area contributed by atoms with Gasteiger partial charge in [0.05, 0.1) is 11.4 Å². The van der Waals surface area contributed by atoms with Gasteiger partial charge in [0.2, 0.25) is 0 Å². The van der Waals surface area contributed by atoms with Crippen molar-refractivity contribution in [1.82, 2.24) is 9.97 Å². The van der Waals surface area contributed by atoms with E-state index in [-0.39, 0.29) is 5.41 Å². The molecule has 9 aromatic carbocycles. The predicted molar refractivity (Wildman–Crippen MR) is 239 cm³/mol. The molecule has 0 unspecified atom stereocenters. The van der Waals surface area contributed by atoms with Gasteiger partial charge in [-0.2, -0.15) is 0 Å². The third kappa shape index (κ3) is 5.33. The first-order chi connectivity index (χ1) is 28.0. The Kier molecular flexibility index (Phi) is 7.55. The molecule has 0 atom stereocenters. The summed E-state index contributed by atoms with van der Waals surface area (Å²) in [4.78, 5) is 10.7. The molecule has 0 amide bonds. The number of hydrogen-bond acceptors (Lipinski definition) is 2. The van der Waals surface area contributed by atoms with E-state index in [0.717, 1.165) is 33.5 Å². The summed E-state index contributed by atoms with van der Waals surface area (Å²) in [6.45, 7) is 4.70. The van der Waals surface area contributed by atoms with E-state index >= 15 is 0 Å². The highest BCUT2D eigenvalue weighted by Gasteiger charge is 2.37. The van der Waals surface area contributed by atoms with Crippen molar-refractivity contribution in [3.05, 3.63) is 205 Å². The Hall–Kier alpha value is -7.16. The second kappa shape index (κ2) is 13.0. The summed E-state index contributed by atoms with van der Waals surface area (Å²) in [5.74, 6) is 0.715. The second-order valence-electron chi connectivity index (χ2n) is 15.7. The highest BCUT2D eigenvalue weighted by molar-refractivity contribution is 6.12. The number of fused-ring (bicyclic) bond motifs is 6. The van der Waals surface area contributed by atoms with Gasteiger partial charge in [0.15, 0.2) is 5.82 Å². The van der Waals surface area contributed by atoms with Crippen molar-refractivity contribution < 1.29 is 0 Å². The normalized spacial score (nSPS) is 12.9. The fourth-order valence-electron chi connectivity index (χ4n) is 9.29. The van der Waals surface area contributed by atoms with Gasteiger partial charge in [-0.25, -0.2) is 9.97 Å². The van der Waals surface area contributed by atoms with Crippen LogP contribution in [0.3, 0.4) is 0 Å². The molecule has 2 nitrogen and oxygen atoms in total. The number of rotatable bonds is 5. The lowest BCUT2D eigenvalue weighted by Gasteiger charge is -2.22. The molecule has 0 fully saturated rings. The second-order valence-corrected chi connectivity index (χ2v) is 15.7. The third-order valence-corrected chi connectivity index (χ3v) is 12.1. The minimum atomic E-state index is -0.154. The molecule has 11 rings (SSSR count). The zero-order valence-corrected chi connectivity index (χ0v) is 31.9. The van der Waals surface area contributed by atoms with Gasteiger partial charge in [-0.15, -0.1) is 0 Å². The minimum absolute atomic E-state index is 0.154. The lowest BCUT2D eigenvalue weighted by molar-refractivity contribution is 0.661. The van der Waals surface area contributed by atoms with Crippen molar-refractivity contribution in [2.45, 2.75) is 19.3 Å². The fraction of sp³-hybridized carbons (Fsp3) is 0.0545. The van der Waals surface area contributed by atoms with Gasteiger partial charge in [-0.1, -0.05) is 190 Å². The molecular formula is C55H38N2. The molecule has 2 heteroatoms. The maximum absolute atomic E-state index is 5.36. The lowest BCUT2D eigenvalue weighted by atomic mass is 9.81. The minimum Gasteiger partial charge on any atom is -0.228 e. The van der Waals surface area contributed by atoms with Crippen LogP contribution in [0, 0.1) is 0 Å². The van der Waals surface area contributed by atoms with E-state index in [1.807, 2.05) is 6.07 Å². The van der Waals surface area contributed by atoms with Crippen molar-refractivity contribution in [2.75, 3.05) is 0 Å². The zero-order chi connectivity index (χ0) is 38.1. The van der Waals surface area contributed by atoms with Gasteiger partial charge >= 0.3 is 0 Å². The number of aromatic nitrogens is 2. The van der Waals surface area contributed by atoms with Gasteiger partial charge in [0.1, 0.15) is 0 Å². The van der Waals surface area contributed by atoms with Gasteiger partial charge in [0.25, 0.3) is 0 Å². The van der Waals surface area contributed by atoms with Crippen molar-refractivity contribution in [1.29, 1.82) is 0 Å². The molecule has 0 radical (unpaired) electrons. The Morgan fingerprint density at radius 1 is 0.333 bits per heavy atom. The highest BCUT2D eigenvalue weighted by Crippen LogP contribution is 2.53. The zero-order valence-electron chi connectivity index (χ0n) is 31.9. The molecule has 268 valence electrons. The van der Waals surface area contributed by atoms with E-state index < -0.39 is 0 Å². The molecule has 0 N–H and O–H groups in total. The Labute approximate surface area is 332 Å². The summed E-state index contributed by atoms with van der Waals surface area (Å²) in [5.41, 5.74) is 15.0. The molecule has 57 heavy (non-hydrogen) atoms. The number of benzene rings is 9. The molecule has 0 saturated carbocycles. The first kappa shape index (κ1) is 33.2. The Balaban J connectivity index is 1.12. The molecule has 1 aliphatic carbocycles. The summed E-state index contributed by atoms with van der Waals surface area (Å²) in [5, 5.41) is 7.35.